The third-order valence-corrected chi connectivity index (χ3v) is 5.75. The molecule has 0 radical (unpaired) electrons. The van der Waals surface area contributed by atoms with Gasteiger partial charge in [0.1, 0.15) is 0 Å². The Balaban J connectivity index is 2.34. The predicted molar refractivity (Wildman–Crippen MR) is 113 cm³/mol. The monoisotopic (exact) mass is 425 g/mol. The van der Waals surface area contributed by atoms with E-state index in [1.165, 1.54) is 21.4 Å². The van der Waals surface area contributed by atoms with Gasteiger partial charge in [0.05, 0.1) is 6.61 Å². The van der Waals surface area contributed by atoms with Crippen LogP contribution in [0.2, 0.25) is 5.02 Å². The number of allylic oxidation sites excluding steroid dienone is 1. The zero-order chi connectivity index (χ0) is 20.7. The number of rotatable bonds is 6. The van der Waals surface area contributed by atoms with Gasteiger partial charge in [-0.1, -0.05) is 52.0 Å². The summed E-state index contributed by atoms with van der Waals surface area (Å²) >= 11 is 6.30. The normalized spacial score (nSPS) is 18.8. The number of nitrogens with zero attached hydrogens (tertiary/aromatic N) is 1. The van der Waals surface area contributed by atoms with Gasteiger partial charge in [0.15, 0.2) is 5.60 Å². The van der Waals surface area contributed by atoms with E-state index in [1.807, 2.05) is 25.1 Å². The number of aliphatic hydroxyl groups excluding tert-OH is 1. The highest BCUT2D eigenvalue weighted by atomic mass is 35.5. The summed E-state index contributed by atoms with van der Waals surface area (Å²) in [7, 11) is 3.30. The average Bonchev–Trinajstić information content (AvgIpc) is 2.89. The van der Waals surface area contributed by atoms with Crippen LogP contribution in [0.1, 0.15) is 30.0 Å². The standard InChI is InChI=1S/C21H23ClF2NO2P/c1-3-13(12-25(2)8-9-26)16-10-14(22)11-18-19(16)15-6-4-5-7-17(15)20(18,27)21(23,24)28/h4-7,10-12,26-27H,3,8-9,28H2,1-2H3/b13-12+. The molecule has 150 valence electrons. The molecule has 3 nitrogen and oxygen atoms in total. The second-order valence-corrected chi connectivity index (χ2v) is 8.13. The molecule has 0 amide bonds. The van der Waals surface area contributed by atoms with Crippen molar-refractivity contribution in [1.82, 2.24) is 4.90 Å². The van der Waals surface area contributed by atoms with Gasteiger partial charge < -0.3 is 15.1 Å². The molecule has 0 bridgehead atoms. The van der Waals surface area contributed by atoms with E-state index in [0.29, 0.717) is 29.7 Å². The summed E-state index contributed by atoms with van der Waals surface area (Å²) in [6.45, 7) is 2.40. The fourth-order valence-electron chi connectivity index (χ4n) is 3.80. The summed E-state index contributed by atoms with van der Waals surface area (Å²) in [5, 5.41) is 20.7. The molecule has 2 aromatic carbocycles. The predicted octanol–water partition coefficient (Wildman–Crippen LogP) is 4.70. The Labute approximate surface area is 170 Å². The Morgan fingerprint density at radius 1 is 1.29 bits per heavy atom. The molecule has 2 unspecified atom stereocenters. The van der Waals surface area contributed by atoms with Crippen molar-refractivity contribution < 1.29 is 19.0 Å². The summed E-state index contributed by atoms with van der Waals surface area (Å²) in [6.07, 6.45) is 2.50. The maximum atomic E-state index is 14.6. The van der Waals surface area contributed by atoms with Gasteiger partial charge in [-0.25, -0.2) is 0 Å². The zero-order valence-electron chi connectivity index (χ0n) is 15.7. The van der Waals surface area contributed by atoms with Crippen molar-refractivity contribution in [2.45, 2.75) is 24.6 Å². The molecule has 2 N–H and O–H groups in total. The summed E-state index contributed by atoms with van der Waals surface area (Å²) < 4.78 is 29.3. The first-order valence-electron chi connectivity index (χ1n) is 9.00. The van der Waals surface area contributed by atoms with E-state index in [1.54, 1.807) is 24.3 Å². The van der Waals surface area contributed by atoms with Gasteiger partial charge in [-0.05, 0) is 40.8 Å². The fraction of sp³-hybridized carbons (Fsp3) is 0.333. The third-order valence-electron chi connectivity index (χ3n) is 5.12. The first kappa shape index (κ1) is 21.2. The minimum atomic E-state index is -3.49. The van der Waals surface area contributed by atoms with E-state index >= 15 is 0 Å². The van der Waals surface area contributed by atoms with E-state index in [-0.39, 0.29) is 22.8 Å². The molecule has 28 heavy (non-hydrogen) atoms. The molecule has 1 aliphatic carbocycles. The molecule has 0 saturated carbocycles. The molecular formula is C21H23ClF2NO2P. The van der Waals surface area contributed by atoms with Crippen LogP contribution in [0.15, 0.2) is 42.6 Å². The molecule has 1 aliphatic rings. The SMILES string of the molecule is CC/C(=C\N(C)CCO)c1cc(Cl)cc2c1-c1ccccc1C2(O)C(F)(F)P. The Kier molecular flexibility index (Phi) is 5.84. The summed E-state index contributed by atoms with van der Waals surface area (Å²) in [4.78, 5) is 1.84. The maximum absolute atomic E-state index is 14.6. The van der Waals surface area contributed by atoms with Gasteiger partial charge in [0.2, 0.25) is 0 Å². The van der Waals surface area contributed by atoms with Crippen LogP contribution in [0.4, 0.5) is 8.78 Å². The van der Waals surface area contributed by atoms with Crippen molar-refractivity contribution in [3.63, 3.8) is 0 Å². The highest BCUT2D eigenvalue weighted by molar-refractivity contribution is 7.18. The Morgan fingerprint density at radius 2 is 1.96 bits per heavy atom. The summed E-state index contributed by atoms with van der Waals surface area (Å²) in [5.74, 6) is 0. The molecule has 7 heteroatoms. The van der Waals surface area contributed by atoms with Crippen molar-refractivity contribution in [1.29, 1.82) is 0 Å². The van der Waals surface area contributed by atoms with Crippen molar-refractivity contribution in [3.05, 3.63) is 64.3 Å². The number of hydrogen-bond donors (Lipinski definition) is 2. The van der Waals surface area contributed by atoms with Crippen molar-refractivity contribution in [2.24, 2.45) is 0 Å². The molecule has 0 heterocycles. The van der Waals surface area contributed by atoms with Crippen molar-refractivity contribution in [3.8, 4) is 11.1 Å². The van der Waals surface area contributed by atoms with Crippen LogP contribution >= 0.6 is 20.8 Å². The van der Waals surface area contributed by atoms with Gasteiger partial charge in [0.25, 0.3) is 5.66 Å². The van der Waals surface area contributed by atoms with Crippen molar-refractivity contribution >= 4 is 26.4 Å². The van der Waals surface area contributed by atoms with Crippen LogP contribution in [0.5, 0.6) is 0 Å². The number of alkyl halides is 2. The summed E-state index contributed by atoms with van der Waals surface area (Å²) in [5.41, 5.74) is -3.01. The first-order valence-corrected chi connectivity index (χ1v) is 9.95. The van der Waals surface area contributed by atoms with Crippen LogP contribution in [0.3, 0.4) is 0 Å². The van der Waals surface area contributed by atoms with Gasteiger partial charge in [-0.3, -0.25) is 0 Å². The molecule has 0 aliphatic heterocycles. The second kappa shape index (κ2) is 7.72. The number of fused-ring (bicyclic) bond motifs is 3. The number of aliphatic hydroxyl groups is 2. The van der Waals surface area contributed by atoms with Crippen LogP contribution in [-0.2, 0) is 5.60 Å². The smallest absolute Gasteiger partial charge is 0.295 e. The highest BCUT2D eigenvalue weighted by Crippen LogP contribution is 2.58. The molecular weight excluding hydrogens is 403 g/mol. The van der Waals surface area contributed by atoms with Crippen LogP contribution in [0, 0.1) is 0 Å². The molecule has 3 rings (SSSR count). The quantitative estimate of drug-likeness (QED) is 0.659. The number of likely N-dealkylation sites (N-methyl/N-ethyl adjacent to an activating group) is 1. The van der Waals surface area contributed by atoms with E-state index in [0.717, 1.165) is 5.57 Å². The minimum Gasteiger partial charge on any atom is -0.395 e. The minimum absolute atomic E-state index is 0.000484. The highest BCUT2D eigenvalue weighted by Gasteiger charge is 2.57. The van der Waals surface area contributed by atoms with Crippen molar-refractivity contribution in [2.75, 3.05) is 20.2 Å². The van der Waals surface area contributed by atoms with Gasteiger partial charge in [-0.15, -0.1) is 0 Å². The Hall–Kier alpha value is -1.52. The molecule has 2 aromatic rings. The largest absolute Gasteiger partial charge is 0.395 e. The lowest BCUT2D eigenvalue weighted by molar-refractivity contribution is -0.0964. The topological polar surface area (TPSA) is 43.7 Å². The third kappa shape index (κ3) is 3.35. The lowest BCUT2D eigenvalue weighted by atomic mass is 9.89. The summed E-state index contributed by atoms with van der Waals surface area (Å²) in [6, 6.07) is 9.83. The molecule has 0 aromatic heterocycles. The Morgan fingerprint density at radius 3 is 2.57 bits per heavy atom. The van der Waals surface area contributed by atoms with E-state index in [2.05, 4.69) is 0 Å². The average molecular weight is 426 g/mol. The molecule has 0 saturated heterocycles. The van der Waals surface area contributed by atoms with E-state index < -0.39 is 11.3 Å². The van der Waals surface area contributed by atoms with Gasteiger partial charge in [-0.2, -0.15) is 8.78 Å². The number of halogens is 3. The number of hydrogen-bond acceptors (Lipinski definition) is 3. The molecule has 0 spiro atoms. The first-order chi connectivity index (χ1) is 13.1. The zero-order valence-corrected chi connectivity index (χ0v) is 17.6. The van der Waals surface area contributed by atoms with E-state index in [4.69, 9.17) is 16.7 Å². The van der Waals surface area contributed by atoms with Gasteiger partial charge >= 0.3 is 0 Å². The Bertz CT molecular complexity index is 929. The lowest BCUT2D eigenvalue weighted by Crippen LogP contribution is -2.40. The van der Waals surface area contributed by atoms with Crippen LogP contribution < -0.4 is 0 Å². The van der Waals surface area contributed by atoms with Crippen LogP contribution in [0.25, 0.3) is 16.7 Å². The number of benzene rings is 2. The van der Waals surface area contributed by atoms with Gasteiger partial charge in [0, 0.05) is 35.9 Å². The maximum Gasteiger partial charge on any atom is 0.295 e. The molecule has 0 fully saturated rings. The van der Waals surface area contributed by atoms with Crippen LogP contribution in [-0.4, -0.2) is 41.0 Å². The molecule has 2 atom stereocenters. The van der Waals surface area contributed by atoms with E-state index in [9.17, 15) is 13.9 Å². The lowest BCUT2D eigenvalue weighted by Gasteiger charge is -2.32. The fourth-order valence-corrected chi connectivity index (χ4v) is 4.33. The second-order valence-electron chi connectivity index (χ2n) is 6.97.